The third-order valence-electron chi connectivity index (χ3n) is 2.17. The van der Waals surface area contributed by atoms with Gasteiger partial charge in [-0.05, 0) is 17.5 Å². The van der Waals surface area contributed by atoms with Crippen molar-refractivity contribution in [1.82, 2.24) is 10.3 Å². The summed E-state index contributed by atoms with van der Waals surface area (Å²) < 4.78 is 0. The number of aromatic nitrogens is 1. The summed E-state index contributed by atoms with van der Waals surface area (Å²) in [6, 6.07) is 3.93. The molecule has 1 unspecified atom stereocenters. The molecule has 1 rings (SSSR count). The highest BCUT2D eigenvalue weighted by atomic mass is 16.3. The Bertz CT molecular complexity index is 249. The fraction of sp³-hybridized carbons (Fsp3) is 0.545. The Morgan fingerprint density at radius 1 is 1.50 bits per heavy atom. The van der Waals surface area contributed by atoms with E-state index < -0.39 is 0 Å². The van der Waals surface area contributed by atoms with Crippen molar-refractivity contribution in [2.75, 3.05) is 6.54 Å². The van der Waals surface area contributed by atoms with E-state index in [2.05, 4.69) is 10.3 Å². The second-order valence-electron chi connectivity index (χ2n) is 3.80. The Morgan fingerprint density at radius 2 is 2.29 bits per heavy atom. The van der Waals surface area contributed by atoms with E-state index in [0.717, 1.165) is 12.1 Å². The maximum Gasteiger partial charge on any atom is 0.0687 e. The quantitative estimate of drug-likeness (QED) is 0.740. The van der Waals surface area contributed by atoms with Crippen molar-refractivity contribution in [2.24, 2.45) is 5.92 Å². The van der Waals surface area contributed by atoms with Crippen molar-refractivity contribution < 1.29 is 5.11 Å². The van der Waals surface area contributed by atoms with Crippen LogP contribution >= 0.6 is 0 Å². The highest BCUT2D eigenvalue weighted by molar-refractivity contribution is 5.07. The Hall–Kier alpha value is -0.930. The van der Waals surface area contributed by atoms with Gasteiger partial charge >= 0.3 is 0 Å². The molecule has 0 aromatic carbocycles. The number of aliphatic hydroxyl groups is 1. The van der Waals surface area contributed by atoms with Gasteiger partial charge in [-0.15, -0.1) is 0 Å². The number of pyridine rings is 1. The standard InChI is InChI=1S/C11H18N2O/c1-9(2)11(14)8-13-7-10-4-3-5-12-6-10/h3-6,9,11,13-14H,7-8H2,1-2H3. The summed E-state index contributed by atoms with van der Waals surface area (Å²) in [7, 11) is 0. The molecular weight excluding hydrogens is 176 g/mol. The van der Waals surface area contributed by atoms with Crippen LogP contribution in [-0.2, 0) is 6.54 Å². The lowest BCUT2D eigenvalue weighted by Gasteiger charge is -2.14. The van der Waals surface area contributed by atoms with Gasteiger partial charge < -0.3 is 10.4 Å². The fourth-order valence-electron chi connectivity index (χ4n) is 1.10. The molecule has 0 radical (unpaired) electrons. The zero-order chi connectivity index (χ0) is 10.4. The fourth-order valence-corrected chi connectivity index (χ4v) is 1.10. The highest BCUT2D eigenvalue weighted by Gasteiger charge is 2.07. The van der Waals surface area contributed by atoms with E-state index in [1.165, 1.54) is 0 Å². The first-order valence-corrected chi connectivity index (χ1v) is 4.98. The lowest BCUT2D eigenvalue weighted by molar-refractivity contribution is 0.123. The number of rotatable bonds is 5. The predicted molar refractivity (Wildman–Crippen MR) is 56.8 cm³/mol. The minimum Gasteiger partial charge on any atom is -0.392 e. The van der Waals surface area contributed by atoms with Crippen LogP contribution in [0.25, 0.3) is 0 Å². The molecule has 0 aliphatic carbocycles. The van der Waals surface area contributed by atoms with Crippen LogP contribution in [0.15, 0.2) is 24.5 Å². The molecule has 0 aliphatic rings. The highest BCUT2D eigenvalue weighted by Crippen LogP contribution is 2.00. The van der Waals surface area contributed by atoms with Crippen LogP contribution in [0, 0.1) is 5.92 Å². The Kier molecular flexibility index (Phi) is 4.56. The van der Waals surface area contributed by atoms with E-state index in [1.54, 1.807) is 6.20 Å². The van der Waals surface area contributed by atoms with E-state index in [1.807, 2.05) is 32.2 Å². The van der Waals surface area contributed by atoms with Crippen molar-refractivity contribution >= 4 is 0 Å². The molecule has 2 N–H and O–H groups in total. The van der Waals surface area contributed by atoms with Gasteiger partial charge in [0.2, 0.25) is 0 Å². The van der Waals surface area contributed by atoms with Gasteiger partial charge in [-0.25, -0.2) is 0 Å². The number of nitrogens with one attached hydrogen (secondary N) is 1. The molecule has 1 atom stereocenters. The van der Waals surface area contributed by atoms with Crippen molar-refractivity contribution in [2.45, 2.75) is 26.5 Å². The third-order valence-corrected chi connectivity index (χ3v) is 2.17. The topological polar surface area (TPSA) is 45.1 Å². The first kappa shape index (κ1) is 11.1. The van der Waals surface area contributed by atoms with Crippen molar-refractivity contribution in [1.29, 1.82) is 0 Å². The average molecular weight is 194 g/mol. The minimum atomic E-state index is -0.272. The monoisotopic (exact) mass is 194 g/mol. The van der Waals surface area contributed by atoms with Crippen LogP contribution in [0.4, 0.5) is 0 Å². The SMILES string of the molecule is CC(C)C(O)CNCc1cccnc1. The van der Waals surface area contributed by atoms with Crippen molar-refractivity contribution in [3.05, 3.63) is 30.1 Å². The summed E-state index contributed by atoms with van der Waals surface area (Å²) in [5.41, 5.74) is 1.14. The van der Waals surface area contributed by atoms with Crippen molar-refractivity contribution in [3.8, 4) is 0 Å². The van der Waals surface area contributed by atoms with E-state index in [-0.39, 0.29) is 6.10 Å². The molecule has 0 spiro atoms. The maximum absolute atomic E-state index is 9.53. The van der Waals surface area contributed by atoms with Crippen LogP contribution in [-0.4, -0.2) is 22.7 Å². The lowest BCUT2D eigenvalue weighted by atomic mass is 10.1. The second-order valence-corrected chi connectivity index (χ2v) is 3.80. The van der Waals surface area contributed by atoms with E-state index in [0.29, 0.717) is 12.5 Å². The smallest absolute Gasteiger partial charge is 0.0687 e. The van der Waals surface area contributed by atoms with Gasteiger partial charge in [-0.3, -0.25) is 4.98 Å². The molecule has 1 aromatic heterocycles. The molecule has 0 fully saturated rings. The van der Waals surface area contributed by atoms with Crippen LogP contribution in [0.1, 0.15) is 19.4 Å². The number of aliphatic hydroxyl groups excluding tert-OH is 1. The Balaban J connectivity index is 2.22. The van der Waals surface area contributed by atoms with Gasteiger partial charge in [-0.2, -0.15) is 0 Å². The minimum absolute atomic E-state index is 0.272. The second kappa shape index (κ2) is 5.73. The predicted octanol–water partition coefficient (Wildman–Crippen LogP) is 1.19. The molecule has 3 heteroatoms. The number of hydrogen-bond donors (Lipinski definition) is 2. The summed E-state index contributed by atoms with van der Waals surface area (Å²) in [4.78, 5) is 4.02. The molecule has 0 aliphatic heterocycles. The summed E-state index contributed by atoms with van der Waals surface area (Å²) in [5, 5.41) is 12.7. The van der Waals surface area contributed by atoms with E-state index in [4.69, 9.17) is 0 Å². The molecule has 14 heavy (non-hydrogen) atoms. The summed E-state index contributed by atoms with van der Waals surface area (Å²) in [6.07, 6.45) is 3.31. The third kappa shape index (κ3) is 3.85. The molecule has 0 amide bonds. The van der Waals surface area contributed by atoms with Crippen LogP contribution in [0.3, 0.4) is 0 Å². The van der Waals surface area contributed by atoms with Crippen LogP contribution in [0.5, 0.6) is 0 Å². The molecule has 3 nitrogen and oxygen atoms in total. The summed E-state index contributed by atoms with van der Waals surface area (Å²) in [5.74, 6) is 0.302. The zero-order valence-electron chi connectivity index (χ0n) is 8.77. The van der Waals surface area contributed by atoms with Crippen LogP contribution < -0.4 is 5.32 Å². The molecule has 78 valence electrons. The first-order valence-electron chi connectivity index (χ1n) is 4.98. The van der Waals surface area contributed by atoms with Crippen molar-refractivity contribution in [3.63, 3.8) is 0 Å². The van der Waals surface area contributed by atoms with Gasteiger partial charge in [0.1, 0.15) is 0 Å². The van der Waals surface area contributed by atoms with Gasteiger partial charge in [-0.1, -0.05) is 19.9 Å². The summed E-state index contributed by atoms with van der Waals surface area (Å²) in [6.45, 7) is 5.41. The molecular formula is C11H18N2O. The van der Waals surface area contributed by atoms with Gasteiger partial charge in [0, 0.05) is 25.5 Å². The van der Waals surface area contributed by atoms with E-state index in [9.17, 15) is 5.11 Å². The zero-order valence-corrected chi connectivity index (χ0v) is 8.77. The van der Waals surface area contributed by atoms with Gasteiger partial charge in [0.05, 0.1) is 6.10 Å². The average Bonchev–Trinajstić information content (AvgIpc) is 2.19. The maximum atomic E-state index is 9.53. The molecule has 1 heterocycles. The normalized spacial score (nSPS) is 13.1. The summed E-state index contributed by atoms with van der Waals surface area (Å²) >= 11 is 0. The van der Waals surface area contributed by atoms with E-state index >= 15 is 0 Å². The molecule has 1 aromatic rings. The first-order chi connectivity index (χ1) is 6.70. The Labute approximate surface area is 85.2 Å². The number of hydrogen-bond acceptors (Lipinski definition) is 3. The largest absolute Gasteiger partial charge is 0.392 e. The Morgan fingerprint density at radius 3 is 2.86 bits per heavy atom. The van der Waals surface area contributed by atoms with Gasteiger partial charge in [0.25, 0.3) is 0 Å². The molecule has 0 bridgehead atoms. The molecule has 0 saturated heterocycles. The number of nitrogens with zero attached hydrogens (tertiary/aromatic N) is 1. The lowest BCUT2D eigenvalue weighted by Crippen LogP contribution is -2.30. The van der Waals surface area contributed by atoms with Gasteiger partial charge in [0.15, 0.2) is 0 Å². The molecule has 0 saturated carbocycles. The van der Waals surface area contributed by atoms with Crippen LogP contribution in [0.2, 0.25) is 0 Å².